The van der Waals surface area contributed by atoms with Crippen molar-refractivity contribution in [3.63, 3.8) is 0 Å². The molecule has 25 heavy (non-hydrogen) atoms. The number of amides is 1. The number of aromatic nitrogens is 2. The van der Waals surface area contributed by atoms with Gasteiger partial charge in [-0.15, -0.1) is 11.3 Å². The van der Waals surface area contributed by atoms with E-state index in [0.29, 0.717) is 11.7 Å². The molecule has 2 aliphatic heterocycles. The molecule has 1 saturated heterocycles. The topological polar surface area (TPSA) is 40.9 Å². The highest BCUT2D eigenvalue weighted by atomic mass is 32.1. The molecule has 4 rings (SSSR count). The fourth-order valence-electron chi connectivity index (χ4n) is 3.96. The van der Waals surface area contributed by atoms with Gasteiger partial charge in [-0.25, -0.2) is 4.98 Å². The molecule has 4 heterocycles. The number of thiazole rings is 1. The van der Waals surface area contributed by atoms with Crippen LogP contribution in [0.1, 0.15) is 55.2 Å². The Morgan fingerprint density at radius 2 is 2.16 bits per heavy atom. The van der Waals surface area contributed by atoms with Crippen molar-refractivity contribution in [2.45, 2.75) is 51.6 Å². The van der Waals surface area contributed by atoms with Crippen molar-refractivity contribution in [2.75, 3.05) is 19.6 Å². The van der Waals surface area contributed by atoms with Gasteiger partial charge in [0, 0.05) is 43.8 Å². The van der Waals surface area contributed by atoms with Crippen molar-refractivity contribution in [1.82, 2.24) is 19.2 Å². The van der Waals surface area contributed by atoms with E-state index in [-0.39, 0.29) is 5.91 Å². The fourth-order valence-corrected chi connectivity index (χ4v) is 4.69. The molecule has 0 spiro atoms. The van der Waals surface area contributed by atoms with Gasteiger partial charge in [0.05, 0.1) is 5.69 Å². The van der Waals surface area contributed by atoms with Gasteiger partial charge in [-0.1, -0.05) is 25.5 Å². The standard InChI is InChI=1S/C19H26N4OS/c1-2-7-15-8-6-11-22(15)14-16-17(20-19-23(16)12-13-25-19)18(24)21-9-4-3-5-10-21/h6,8,12-13,15H,2-5,7,9-11,14H2,1H3/t15-/m1/s1. The Balaban J connectivity index is 1.62. The number of nitrogens with zero attached hydrogens (tertiary/aromatic N) is 4. The highest BCUT2D eigenvalue weighted by Gasteiger charge is 2.28. The monoisotopic (exact) mass is 358 g/mol. The van der Waals surface area contributed by atoms with Gasteiger partial charge in [0.15, 0.2) is 10.7 Å². The quantitative estimate of drug-likeness (QED) is 0.768. The zero-order valence-electron chi connectivity index (χ0n) is 14.9. The highest BCUT2D eigenvalue weighted by molar-refractivity contribution is 7.15. The molecule has 0 N–H and O–H groups in total. The summed E-state index contributed by atoms with van der Waals surface area (Å²) in [5.41, 5.74) is 1.72. The molecule has 2 aromatic rings. The second kappa shape index (κ2) is 7.30. The minimum absolute atomic E-state index is 0.116. The maximum Gasteiger partial charge on any atom is 0.274 e. The Morgan fingerprint density at radius 3 is 2.96 bits per heavy atom. The SMILES string of the molecule is CCC[C@@H]1C=CCN1Cc1c(C(=O)N2CCCCC2)nc2sccn12. The number of likely N-dealkylation sites (tertiary alicyclic amines) is 1. The van der Waals surface area contributed by atoms with Crippen LogP contribution in [0.15, 0.2) is 23.7 Å². The summed E-state index contributed by atoms with van der Waals surface area (Å²) in [4.78, 5) is 23.2. The summed E-state index contributed by atoms with van der Waals surface area (Å²) in [6.45, 7) is 5.70. The van der Waals surface area contributed by atoms with Crippen molar-refractivity contribution in [1.29, 1.82) is 0 Å². The number of piperidine rings is 1. The van der Waals surface area contributed by atoms with Gasteiger partial charge in [-0.2, -0.15) is 0 Å². The van der Waals surface area contributed by atoms with Crippen LogP contribution in [0.4, 0.5) is 0 Å². The Kier molecular flexibility index (Phi) is 4.90. The number of carbonyl (C=O) groups excluding carboxylic acids is 1. The summed E-state index contributed by atoms with van der Waals surface area (Å²) in [5, 5.41) is 2.05. The molecule has 0 radical (unpaired) electrons. The molecule has 0 saturated carbocycles. The smallest absolute Gasteiger partial charge is 0.274 e. The molecule has 1 fully saturated rings. The minimum Gasteiger partial charge on any atom is -0.337 e. The zero-order valence-corrected chi connectivity index (χ0v) is 15.7. The molecular weight excluding hydrogens is 332 g/mol. The summed E-state index contributed by atoms with van der Waals surface area (Å²) in [6.07, 6.45) is 12.4. The second-order valence-electron chi connectivity index (χ2n) is 7.03. The van der Waals surface area contributed by atoms with Gasteiger partial charge in [0.1, 0.15) is 0 Å². The molecule has 0 aromatic carbocycles. The van der Waals surface area contributed by atoms with Gasteiger partial charge >= 0.3 is 0 Å². The van der Waals surface area contributed by atoms with Crippen LogP contribution in [0.2, 0.25) is 0 Å². The van der Waals surface area contributed by atoms with Crippen molar-refractivity contribution in [3.8, 4) is 0 Å². The lowest BCUT2D eigenvalue weighted by Crippen LogP contribution is -2.37. The minimum atomic E-state index is 0.116. The molecule has 134 valence electrons. The third-order valence-corrected chi connectivity index (χ3v) is 6.07. The van der Waals surface area contributed by atoms with Crippen molar-refractivity contribution >= 4 is 22.2 Å². The second-order valence-corrected chi connectivity index (χ2v) is 7.90. The number of rotatable bonds is 5. The summed E-state index contributed by atoms with van der Waals surface area (Å²) < 4.78 is 2.11. The first-order chi connectivity index (χ1) is 12.3. The maximum absolute atomic E-state index is 13.1. The average molecular weight is 359 g/mol. The number of hydrogen-bond donors (Lipinski definition) is 0. The molecule has 1 atom stereocenters. The van der Waals surface area contributed by atoms with Crippen molar-refractivity contribution in [2.24, 2.45) is 0 Å². The Bertz CT molecular complexity index is 772. The number of hydrogen-bond acceptors (Lipinski definition) is 4. The first kappa shape index (κ1) is 16.8. The van der Waals surface area contributed by atoms with Gasteiger partial charge in [0.25, 0.3) is 5.91 Å². The van der Waals surface area contributed by atoms with Crippen LogP contribution in [0.3, 0.4) is 0 Å². The van der Waals surface area contributed by atoms with E-state index in [9.17, 15) is 4.79 Å². The van der Waals surface area contributed by atoms with E-state index in [1.807, 2.05) is 16.5 Å². The van der Waals surface area contributed by atoms with Gasteiger partial charge in [-0.05, 0) is 25.7 Å². The normalized spacial score (nSPS) is 21.5. The van der Waals surface area contributed by atoms with Crippen LogP contribution in [-0.4, -0.2) is 50.8 Å². The number of imidazole rings is 1. The lowest BCUT2D eigenvalue weighted by molar-refractivity contribution is 0.0716. The van der Waals surface area contributed by atoms with E-state index in [2.05, 4.69) is 28.4 Å². The Labute approximate surface area is 152 Å². The van der Waals surface area contributed by atoms with Gasteiger partial charge in [-0.3, -0.25) is 14.1 Å². The van der Waals surface area contributed by atoms with Crippen LogP contribution in [0.25, 0.3) is 4.96 Å². The lowest BCUT2D eigenvalue weighted by atomic mass is 10.1. The summed E-state index contributed by atoms with van der Waals surface area (Å²) >= 11 is 1.60. The molecule has 0 unspecified atom stereocenters. The zero-order chi connectivity index (χ0) is 17.2. The van der Waals surface area contributed by atoms with E-state index >= 15 is 0 Å². The van der Waals surface area contributed by atoms with Gasteiger partial charge in [0.2, 0.25) is 0 Å². The maximum atomic E-state index is 13.1. The van der Waals surface area contributed by atoms with E-state index in [1.165, 1.54) is 12.8 Å². The highest BCUT2D eigenvalue weighted by Crippen LogP contribution is 2.25. The number of carbonyl (C=O) groups is 1. The van der Waals surface area contributed by atoms with E-state index in [1.54, 1.807) is 11.3 Å². The molecule has 1 amide bonds. The molecule has 5 nitrogen and oxygen atoms in total. The van der Waals surface area contributed by atoms with Crippen LogP contribution in [0.5, 0.6) is 0 Å². The average Bonchev–Trinajstić information content (AvgIpc) is 3.34. The molecule has 2 aromatic heterocycles. The Hall–Kier alpha value is -1.66. The molecule has 6 heteroatoms. The summed E-state index contributed by atoms with van der Waals surface area (Å²) in [5.74, 6) is 0.116. The predicted octanol–water partition coefficient (Wildman–Crippen LogP) is 3.56. The lowest BCUT2D eigenvalue weighted by Gasteiger charge is -2.27. The number of fused-ring (bicyclic) bond motifs is 1. The van der Waals surface area contributed by atoms with Gasteiger partial charge < -0.3 is 4.90 Å². The third kappa shape index (κ3) is 3.25. The molecule has 0 aliphatic carbocycles. The molecular formula is C19H26N4OS. The van der Waals surface area contributed by atoms with Crippen LogP contribution in [-0.2, 0) is 6.54 Å². The fraction of sp³-hybridized carbons (Fsp3) is 0.579. The van der Waals surface area contributed by atoms with E-state index in [0.717, 1.165) is 56.1 Å². The summed E-state index contributed by atoms with van der Waals surface area (Å²) in [6, 6.07) is 0.479. The Morgan fingerprint density at radius 1 is 1.32 bits per heavy atom. The largest absolute Gasteiger partial charge is 0.337 e. The third-order valence-electron chi connectivity index (χ3n) is 5.31. The predicted molar refractivity (Wildman–Crippen MR) is 101 cm³/mol. The van der Waals surface area contributed by atoms with Crippen LogP contribution < -0.4 is 0 Å². The van der Waals surface area contributed by atoms with Crippen LogP contribution >= 0.6 is 11.3 Å². The van der Waals surface area contributed by atoms with Crippen molar-refractivity contribution in [3.05, 3.63) is 35.1 Å². The van der Waals surface area contributed by atoms with Crippen molar-refractivity contribution < 1.29 is 4.79 Å². The summed E-state index contributed by atoms with van der Waals surface area (Å²) in [7, 11) is 0. The van der Waals surface area contributed by atoms with E-state index in [4.69, 9.17) is 4.98 Å². The first-order valence-corrected chi connectivity index (χ1v) is 10.3. The molecule has 2 aliphatic rings. The first-order valence-electron chi connectivity index (χ1n) is 9.42. The van der Waals surface area contributed by atoms with E-state index < -0.39 is 0 Å². The van der Waals surface area contributed by atoms with Crippen LogP contribution in [0, 0.1) is 0 Å². The molecule has 0 bridgehead atoms.